The fourth-order valence-corrected chi connectivity index (χ4v) is 3.22. The number of nitrogens with two attached hydrogens (primary N) is 1. The molecule has 2 aromatic heterocycles. The van der Waals surface area contributed by atoms with E-state index in [9.17, 15) is 0 Å². The second kappa shape index (κ2) is 4.81. The highest BCUT2D eigenvalue weighted by Crippen LogP contribution is 2.39. The lowest BCUT2D eigenvalue weighted by atomic mass is 10.4. The topological polar surface area (TPSA) is 77.6 Å². The Kier molecular flexibility index (Phi) is 3.17. The molecule has 1 aliphatic carbocycles. The van der Waals surface area contributed by atoms with E-state index in [4.69, 9.17) is 5.73 Å². The molecule has 1 fully saturated rings. The van der Waals surface area contributed by atoms with Crippen LogP contribution in [0.5, 0.6) is 0 Å². The number of hydrogen-bond acceptors (Lipinski definition) is 7. The van der Waals surface area contributed by atoms with E-state index < -0.39 is 0 Å². The summed E-state index contributed by atoms with van der Waals surface area (Å²) in [5, 5.41) is 0.864. The largest absolute Gasteiger partial charge is 0.384 e. The van der Waals surface area contributed by atoms with Crippen molar-refractivity contribution in [2.75, 3.05) is 5.73 Å². The van der Waals surface area contributed by atoms with E-state index in [0.717, 1.165) is 27.4 Å². The summed E-state index contributed by atoms with van der Waals surface area (Å²) >= 11 is 2.92. The first-order chi connectivity index (χ1) is 8.74. The average Bonchev–Trinajstić information content (AvgIpc) is 3.10. The third-order valence-electron chi connectivity index (χ3n) is 2.64. The first-order valence-electron chi connectivity index (χ1n) is 5.89. The number of anilines is 1. The van der Waals surface area contributed by atoms with Crippen LogP contribution in [0.15, 0.2) is 15.4 Å². The van der Waals surface area contributed by atoms with E-state index in [-0.39, 0.29) is 0 Å². The molecule has 5 nitrogen and oxygen atoms in total. The fraction of sp³-hybridized carbons (Fsp3) is 0.455. The van der Waals surface area contributed by atoms with Crippen molar-refractivity contribution in [3.63, 3.8) is 0 Å². The molecule has 2 aromatic rings. The lowest BCUT2D eigenvalue weighted by Gasteiger charge is -2.02. The fourth-order valence-electron chi connectivity index (χ4n) is 1.55. The Morgan fingerprint density at radius 3 is 2.89 bits per heavy atom. The number of rotatable bonds is 4. The van der Waals surface area contributed by atoms with Crippen molar-refractivity contribution in [2.24, 2.45) is 0 Å². The third kappa shape index (κ3) is 2.62. The summed E-state index contributed by atoms with van der Waals surface area (Å²) in [6.07, 6.45) is 3.20. The zero-order chi connectivity index (χ0) is 12.5. The lowest BCUT2D eigenvalue weighted by Crippen LogP contribution is -1.99. The standard InChI is InChI=1S/C11H13N5S2/c1-2-8-14-11(18-16-8)17-9-5-7(12)13-10(15-9)6-3-4-6/h5-6H,2-4H2,1H3,(H2,12,13,15). The molecule has 3 rings (SSSR count). The molecule has 1 saturated carbocycles. The van der Waals surface area contributed by atoms with Crippen molar-refractivity contribution in [1.29, 1.82) is 0 Å². The molecule has 0 aliphatic heterocycles. The van der Waals surface area contributed by atoms with Crippen LogP contribution in [0.2, 0.25) is 0 Å². The molecular formula is C11H13N5S2. The molecule has 0 radical (unpaired) electrons. The minimum Gasteiger partial charge on any atom is -0.384 e. The van der Waals surface area contributed by atoms with E-state index in [1.807, 2.05) is 6.92 Å². The molecule has 0 saturated heterocycles. The van der Waals surface area contributed by atoms with Gasteiger partial charge in [-0.2, -0.15) is 4.37 Å². The number of aromatic nitrogens is 4. The SMILES string of the molecule is CCc1nsc(Sc2cc(N)nc(C3CC3)n2)n1. The zero-order valence-corrected chi connectivity index (χ0v) is 11.6. The van der Waals surface area contributed by atoms with Crippen molar-refractivity contribution in [3.05, 3.63) is 17.7 Å². The van der Waals surface area contributed by atoms with Gasteiger partial charge in [0.2, 0.25) is 0 Å². The van der Waals surface area contributed by atoms with Gasteiger partial charge in [-0.15, -0.1) is 0 Å². The summed E-state index contributed by atoms with van der Waals surface area (Å²) in [7, 11) is 0. The summed E-state index contributed by atoms with van der Waals surface area (Å²) < 4.78 is 5.17. The predicted molar refractivity (Wildman–Crippen MR) is 71.8 cm³/mol. The molecule has 2 N–H and O–H groups in total. The minimum absolute atomic E-state index is 0.508. The van der Waals surface area contributed by atoms with Gasteiger partial charge >= 0.3 is 0 Å². The Hall–Kier alpha value is -1.21. The summed E-state index contributed by atoms with van der Waals surface area (Å²) in [4.78, 5) is 13.2. The predicted octanol–water partition coefficient (Wildman–Crippen LogP) is 2.50. The summed E-state index contributed by atoms with van der Waals surface area (Å²) in [5.74, 6) is 2.80. The van der Waals surface area contributed by atoms with E-state index in [1.54, 1.807) is 6.07 Å². The van der Waals surface area contributed by atoms with Gasteiger partial charge in [0.05, 0.1) is 0 Å². The maximum atomic E-state index is 5.81. The molecule has 7 heteroatoms. The molecule has 0 bridgehead atoms. The molecular weight excluding hydrogens is 266 g/mol. The normalized spacial score (nSPS) is 14.9. The molecule has 2 heterocycles. The summed E-state index contributed by atoms with van der Waals surface area (Å²) in [6.45, 7) is 2.05. The van der Waals surface area contributed by atoms with Crippen LogP contribution in [0.4, 0.5) is 5.82 Å². The van der Waals surface area contributed by atoms with Crippen LogP contribution in [0.1, 0.15) is 37.3 Å². The number of aryl methyl sites for hydroxylation is 1. The molecule has 18 heavy (non-hydrogen) atoms. The van der Waals surface area contributed by atoms with E-state index in [0.29, 0.717) is 11.7 Å². The first-order valence-corrected chi connectivity index (χ1v) is 7.48. The highest BCUT2D eigenvalue weighted by molar-refractivity contribution is 8.00. The molecule has 94 valence electrons. The van der Waals surface area contributed by atoms with Gasteiger partial charge < -0.3 is 5.73 Å². The maximum Gasteiger partial charge on any atom is 0.176 e. The molecule has 0 unspecified atom stereocenters. The van der Waals surface area contributed by atoms with Crippen molar-refractivity contribution < 1.29 is 0 Å². The Morgan fingerprint density at radius 2 is 2.22 bits per heavy atom. The van der Waals surface area contributed by atoms with Crippen LogP contribution in [-0.2, 0) is 6.42 Å². The quantitative estimate of drug-likeness (QED) is 0.866. The molecule has 0 atom stereocenters. The highest BCUT2D eigenvalue weighted by atomic mass is 32.2. The third-order valence-corrected chi connectivity index (χ3v) is 4.35. The second-order valence-corrected chi connectivity index (χ2v) is 6.22. The van der Waals surface area contributed by atoms with Crippen LogP contribution in [0.3, 0.4) is 0 Å². The van der Waals surface area contributed by atoms with Gasteiger partial charge in [-0.25, -0.2) is 15.0 Å². The zero-order valence-electron chi connectivity index (χ0n) is 9.96. The lowest BCUT2D eigenvalue weighted by molar-refractivity contribution is 0.883. The summed E-state index contributed by atoms with van der Waals surface area (Å²) in [5.41, 5.74) is 5.81. The monoisotopic (exact) mass is 279 g/mol. The Labute approximate surface area is 113 Å². The van der Waals surface area contributed by atoms with Crippen molar-refractivity contribution in [3.8, 4) is 0 Å². The number of nitrogens with zero attached hydrogens (tertiary/aromatic N) is 4. The van der Waals surface area contributed by atoms with Crippen LogP contribution in [0.25, 0.3) is 0 Å². The highest BCUT2D eigenvalue weighted by Gasteiger charge is 2.27. The molecule has 0 amide bonds. The second-order valence-electron chi connectivity index (χ2n) is 4.20. The molecule has 1 aliphatic rings. The van der Waals surface area contributed by atoms with Crippen LogP contribution in [-0.4, -0.2) is 19.3 Å². The van der Waals surface area contributed by atoms with Crippen molar-refractivity contribution >= 4 is 29.1 Å². The van der Waals surface area contributed by atoms with E-state index in [1.165, 1.54) is 36.1 Å². The van der Waals surface area contributed by atoms with Gasteiger partial charge in [0.25, 0.3) is 0 Å². The number of nitrogen functional groups attached to an aromatic ring is 1. The molecule has 0 spiro atoms. The van der Waals surface area contributed by atoms with E-state index >= 15 is 0 Å². The van der Waals surface area contributed by atoms with Gasteiger partial charge in [-0.05, 0) is 36.1 Å². The van der Waals surface area contributed by atoms with Crippen LogP contribution in [0, 0.1) is 0 Å². The Balaban J connectivity index is 1.82. The van der Waals surface area contributed by atoms with Crippen molar-refractivity contribution in [1.82, 2.24) is 19.3 Å². The first kappa shape index (κ1) is 11.9. The minimum atomic E-state index is 0.508. The number of hydrogen-bond donors (Lipinski definition) is 1. The smallest absolute Gasteiger partial charge is 0.176 e. The van der Waals surface area contributed by atoms with Crippen LogP contribution < -0.4 is 5.73 Å². The average molecular weight is 279 g/mol. The maximum absolute atomic E-state index is 5.81. The van der Waals surface area contributed by atoms with Crippen molar-refractivity contribution in [2.45, 2.75) is 41.5 Å². The summed E-state index contributed by atoms with van der Waals surface area (Å²) in [6, 6.07) is 1.80. The van der Waals surface area contributed by atoms with Crippen LogP contribution >= 0.6 is 23.3 Å². The Morgan fingerprint density at radius 1 is 1.39 bits per heavy atom. The van der Waals surface area contributed by atoms with Gasteiger partial charge in [0.15, 0.2) is 4.34 Å². The van der Waals surface area contributed by atoms with E-state index in [2.05, 4.69) is 19.3 Å². The van der Waals surface area contributed by atoms with Gasteiger partial charge in [-0.3, -0.25) is 0 Å². The molecule has 0 aromatic carbocycles. The van der Waals surface area contributed by atoms with Gasteiger partial charge in [0.1, 0.15) is 22.5 Å². The van der Waals surface area contributed by atoms with Gasteiger partial charge in [-0.1, -0.05) is 6.92 Å². The van der Waals surface area contributed by atoms with Gasteiger partial charge in [0, 0.05) is 18.4 Å². The Bertz CT molecular complexity index is 564.